The van der Waals surface area contributed by atoms with Gasteiger partial charge in [0.05, 0.1) is 6.07 Å². The van der Waals surface area contributed by atoms with Gasteiger partial charge >= 0.3 is 0 Å². The summed E-state index contributed by atoms with van der Waals surface area (Å²) < 4.78 is 0. The molecule has 2 heterocycles. The van der Waals surface area contributed by atoms with Crippen molar-refractivity contribution in [2.45, 2.75) is 69.9 Å². The zero-order valence-corrected chi connectivity index (χ0v) is 9.84. The molecule has 0 aromatic heterocycles. The van der Waals surface area contributed by atoms with Gasteiger partial charge in [0, 0.05) is 6.04 Å². The van der Waals surface area contributed by atoms with Crippen LogP contribution in [0.5, 0.6) is 0 Å². The van der Waals surface area contributed by atoms with Crippen LogP contribution in [-0.4, -0.2) is 23.0 Å². The molecule has 2 rings (SSSR count). The first-order valence-corrected chi connectivity index (χ1v) is 6.50. The van der Waals surface area contributed by atoms with Crippen LogP contribution in [0.1, 0.15) is 58.3 Å². The van der Waals surface area contributed by atoms with Gasteiger partial charge in [0.1, 0.15) is 5.54 Å². The third-order valence-electron chi connectivity index (χ3n) is 4.23. The van der Waals surface area contributed by atoms with Gasteiger partial charge in [0.25, 0.3) is 0 Å². The summed E-state index contributed by atoms with van der Waals surface area (Å²) in [4.78, 5) is 2.52. The van der Waals surface area contributed by atoms with Gasteiger partial charge in [-0.2, -0.15) is 5.26 Å². The van der Waals surface area contributed by atoms with E-state index >= 15 is 0 Å². The summed E-state index contributed by atoms with van der Waals surface area (Å²) in [6.45, 7) is 3.41. The quantitative estimate of drug-likeness (QED) is 0.646. The molecule has 2 aliphatic rings. The standard InChI is InChI=1S/C13H22N2/c1-2-3-4-5-10-15-12-6-8-13(15,11-14)9-7-12/h12H,2-10H2,1H3. The minimum Gasteiger partial charge on any atom is -0.283 e. The van der Waals surface area contributed by atoms with E-state index in [1.807, 2.05) is 0 Å². The van der Waals surface area contributed by atoms with E-state index in [1.54, 1.807) is 0 Å². The summed E-state index contributed by atoms with van der Waals surface area (Å²) in [5.41, 5.74) is -0.0448. The Hall–Kier alpha value is -0.550. The first-order chi connectivity index (χ1) is 7.32. The fourth-order valence-electron chi connectivity index (χ4n) is 3.31. The average Bonchev–Trinajstić information content (AvgIpc) is 2.80. The molecule has 0 aromatic rings. The lowest BCUT2D eigenvalue weighted by Gasteiger charge is -2.28. The van der Waals surface area contributed by atoms with Crippen molar-refractivity contribution in [3.63, 3.8) is 0 Å². The minimum absolute atomic E-state index is 0.0448. The molecule has 0 aromatic carbocycles. The molecular formula is C13H22N2. The molecule has 2 heteroatoms. The van der Waals surface area contributed by atoms with Gasteiger partial charge in [-0.25, -0.2) is 0 Å². The van der Waals surface area contributed by atoms with Crippen LogP contribution in [0.3, 0.4) is 0 Å². The van der Waals surface area contributed by atoms with E-state index in [4.69, 9.17) is 0 Å². The highest BCUT2D eigenvalue weighted by Gasteiger charge is 2.51. The van der Waals surface area contributed by atoms with Gasteiger partial charge in [0.2, 0.25) is 0 Å². The van der Waals surface area contributed by atoms with Crippen molar-refractivity contribution >= 4 is 0 Å². The normalized spacial score (nSPS) is 34.5. The Bertz CT molecular complexity index is 246. The Labute approximate surface area is 93.3 Å². The fourth-order valence-corrected chi connectivity index (χ4v) is 3.31. The lowest BCUT2D eigenvalue weighted by atomic mass is 9.89. The Morgan fingerprint density at radius 2 is 2.00 bits per heavy atom. The molecule has 0 unspecified atom stereocenters. The van der Waals surface area contributed by atoms with E-state index in [0.29, 0.717) is 0 Å². The fraction of sp³-hybridized carbons (Fsp3) is 0.923. The largest absolute Gasteiger partial charge is 0.283 e. The highest BCUT2D eigenvalue weighted by atomic mass is 15.3. The van der Waals surface area contributed by atoms with Gasteiger partial charge in [-0.3, -0.25) is 4.90 Å². The molecule has 84 valence electrons. The number of hydrogen-bond donors (Lipinski definition) is 0. The van der Waals surface area contributed by atoms with Crippen molar-refractivity contribution in [3.8, 4) is 6.07 Å². The van der Waals surface area contributed by atoms with E-state index in [9.17, 15) is 5.26 Å². The number of fused-ring (bicyclic) bond motifs is 2. The van der Waals surface area contributed by atoms with E-state index < -0.39 is 0 Å². The van der Waals surface area contributed by atoms with Crippen LogP contribution < -0.4 is 0 Å². The van der Waals surface area contributed by atoms with Crippen LogP contribution in [0.15, 0.2) is 0 Å². The van der Waals surface area contributed by atoms with Crippen LogP contribution in [-0.2, 0) is 0 Å². The van der Waals surface area contributed by atoms with Gasteiger partial charge < -0.3 is 0 Å². The molecule has 2 nitrogen and oxygen atoms in total. The van der Waals surface area contributed by atoms with Crippen molar-refractivity contribution in [2.75, 3.05) is 6.54 Å². The molecule has 0 radical (unpaired) electrons. The lowest BCUT2D eigenvalue weighted by Crippen LogP contribution is -2.40. The predicted octanol–water partition coefficient (Wildman–Crippen LogP) is 3.09. The second-order valence-corrected chi connectivity index (χ2v) is 5.13. The van der Waals surface area contributed by atoms with E-state index in [1.165, 1.54) is 38.5 Å². The Balaban J connectivity index is 1.84. The van der Waals surface area contributed by atoms with Crippen molar-refractivity contribution < 1.29 is 0 Å². The van der Waals surface area contributed by atoms with E-state index in [0.717, 1.165) is 25.4 Å². The van der Waals surface area contributed by atoms with Crippen molar-refractivity contribution in [3.05, 3.63) is 0 Å². The highest BCUT2D eigenvalue weighted by molar-refractivity contribution is 5.18. The summed E-state index contributed by atoms with van der Waals surface area (Å²) in [7, 11) is 0. The second kappa shape index (κ2) is 4.53. The van der Waals surface area contributed by atoms with Crippen molar-refractivity contribution in [1.29, 1.82) is 5.26 Å². The predicted molar refractivity (Wildman–Crippen MR) is 61.4 cm³/mol. The molecule has 0 spiro atoms. The zero-order valence-electron chi connectivity index (χ0n) is 9.84. The first-order valence-electron chi connectivity index (χ1n) is 6.50. The third-order valence-corrected chi connectivity index (χ3v) is 4.23. The third kappa shape index (κ3) is 1.90. The smallest absolute Gasteiger partial charge is 0.109 e. The molecule has 2 aliphatic heterocycles. The molecular weight excluding hydrogens is 184 g/mol. The molecule has 0 N–H and O–H groups in total. The van der Waals surface area contributed by atoms with E-state index in [2.05, 4.69) is 17.9 Å². The molecule has 0 amide bonds. The maximum absolute atomic E-state index is 9.32. The number of nitriles is 1. The second-order valence-electron chi connectivity index (χ2n) is 5.13. The Morgan fingerprint density at radius 1 is 1.27 bits per heavy atom. The summed E-state index contributed by atoms with van der Waals surface area (Å²) in [5.74, 6) is 0. The summed E-state index contributed by atoms with van der Waals surface area (Å²) in [5, 5.41) is 9.32. The summed E-state index contributed by atoms with van der Waals surface area (Å²) >= 11 is 0. The maximum atomic E-state index is 9.32. The van der Waals surface area contributed by atoms with Gasteiger partial charge in [-0.1, -0.05) is 26.2 Å². The molecule has 2 fully saturated rings. The average molecular weight is 206 g/mol. The first kappa shape index (κ1) is 11.0. The number of nitrogens with zero attached hydrogens (tertiary/aromatic N) is 2. The number of hydrogen-bond acceptors (Lipinski definition) is 2. The van der Waals surface area contributed by atoms with Gasteiger partial charge in [-0.15, -0.1) is 0 Å². The highest BCUT2D eigenvalue weighted by Crippen LogP contribution is 2.45. The van der Waals surface area contributed by atoms with Crippen molar-refractivity contribution in [2.24, 2.45) is 0 Å². The molecule has 0 saturated carbocycles. The van der Waals surface area contributed by atoms with E-state index in [-0.39, 0.29) is 5.54 Å². The number of unbranched alkanes of at least 4 members (excludes halogenated alkanes) is 3. The molecule has 0 aliphatic carbocycles. The molecule has 15 heavy (non-hydrogen) atoms. The molecule has 2 saturated heterocycles. The maximum Gasteiger partial charge on any atom is 0.109 e. The minimum atomic E-state index is -0.0448. The van der Waals surface area contributed by atoms with Crippen molar-refractivity contribution in [1.82, 2.24) is 4.90 Å². The topological polar surface area (TPSA) is 27.0 Å². The molecule has 2 bridgehead atoms. The summed E-state index contributed by atoms with van der Waals surface area (Å²) in [6.07, 6.45) is 10.0. The van der Waals surface area contributed by atoms with Crippen LogP contribution in [0.25, 0.3) is 0 Å². The molecule has 0 atom stereocenters. The lowest BCUT2D eigenvalue weighted by molar-refractivity contribution is 0.199. The summed E-state index contributed by atoms with van der Waals surface area (Å²) in [6, 6.07) is 3.33. The van der Waals surface area contributed by atoms with Crippen LogP contribution in [0, 0.1) is 11.3 Å². The van der Waals surface area contributed by atoms with Crippen LogP contribution >= 0.6 is 0 Å². The van der Waals surface area contributed by atoms with Gasteiger partial charge in [0.15, 0.2) is 0 Å². The van der Waals surface area contributed by atoms with Crippen LogP contribution in [0.2, 0.25) is 0 Å². The SMILES string of the molecule is CCCCCCN1C2CCC1(C#N)CC2. The van der Waals surface area contributed by atoms with Crippen LogP contribution in [0.4, 0.5) is 0 Å². The Morgan fingerprint density at radius 3 is 2.60 bits per heavy atom. The zero-order chi connectivity index (χ0) is 10.7. The Kier molecular flexibility index (Phi) is 3.31. The van der Waals surface area contributed by atoms with Gasteiger partial charge in [-0.05, 0) is 38.6 Å². The number of rotatable bonds is 5. The monoisotopic (exact) mass is 206 g/mol.